The molecule has 2 heterocycles. The molecule has 0 aliphatic heterocycles. The Morgan fingerprint density at radius 2 is 2.10 bits per heavy atom. The third-order valence-corrected chi connectivity index (χ3v) is 3.63. The Labute approximate surface area is 127 Å². The summed E-state index contributed by atoms with van der Waals surface area (Å²) in [6.45, 7) is 0. The van der Waals surface area contributed by atoms with Gasteiger partial charge in [-0.15, -0.1) is 0 Å². The van der Waals surface area contributed by atoms with Crippen LogP contribution in [0.15, 0.2) is 36.7 Å². The number of hydrogen-bond donors (Lipinski definition) is 1. The summed E-state index contributed by atoms with van der Waals surface area (Å²) in [5.74, 6) is 2.00. The highest BCUT2D eigenvalue weighted by atomic mass is 32.1. The molecular formula is C15H15N3O2S. The van der Waals surface area contributed by atoms with Crippen molar-refractivity contribution < 1.29 is 9.47 Å². The average Bonchev–Trinajstić information content (AvgIpc) is 2.92. The number of hydrogen-bond acceptors (Lipinski definition) is 5. The molecule has 3 aromatic rings. The number of nitrogens with zero attached hydrogens (tertiary/aromatic N) is 3. The Morgan fingerprint density at radius 3 is 2.81 bits per heavy atom. The Kier molecular flexibility index (Phi) is 3.70. The minimum absolute atomic E-state index is 0.547. The van der Waals surface area contributed by atoms with Crippen molar-refractivity contribution in [1.29, 1.82) is 0 Å². The second-order valence-corrected chi connectivity index (χ2v) is 4.76. The lowest BCUT2D eigenvalue weighted by atomic mass is 10.1. The second kappa shape index (κ2) is 5.65. The van der Waals surface area contributed by atoms with Crippen molar-refractivity contribution in [1.82, 2.24) is 14.6 Å². The van der Waals surface area contributed by atoms with Crippen molar-refractivity contribution in [3.05, 3.63) is 42.2 Å². The van der Waals surface area contributed by atoms with E-state index in [0.29, 0.717) is 11.5 Å². The number of rotatable bonds is 4. The molecule has 5 nitrogen and oxygen atoms in total. The molecule has 0 spiro atoms. The summed E-state index contributed by atoms with van der Waals surface area (Å²) in [6.07, 6.45) is 3.62. The van der Waals surface area contributed by atoms with E-state index in [2.05, 4.69) is 22.7 Å². The smallest absolute Gasteiger partial charge is 0.159 e. The zero-order valence-electron chi connectivity index (χ0n) is 11.8. The van der Waals surface area contributed by atoms with E-state index in [4.69, 9.17) is 9.47 Å². The molecule has 0 unspecified atom stereocenters. The Bertz CT molecular complexity index is 786. The van der Waals surface area contributed by atoms with Gasteiger partial charge in [-0.05, 0) is 18.2 Å². The van der Waals surface area contributed by atoms with Crippen LogP contribution in [-0.4, -0.2) is 28.8 Å². The van der Waals surface area contributed by atoms with E-state index in [9.17, 15) is 0 Å². The SMILES string of the molecule is COc1ccc(-c2nn3cccnc3c2CS)c(OC)c1. The minimum atomic E-state index is 0.547. The van der Waals surface area contributed by atoms with E-state index in [1.165, 1.54) is 0 Å². The molecule has 0 amide bonds. The third kappa shape index (κ3) is 2.31. The molecule has 0 atom stereocenters. The van der Waals surface area contributed by atoms with Gasteiger partial charge in [-0.2, -0.15) is 17.7 Å². The molecule has 6 heteroatoms. The number of aromatic nitrogens is 3. The molecular weight excluding hydrogens is 286 g/mol. The molecule has 0 aliphatic carbocycles. The van der Waals surface area contributed by atoms with Crippen molar-refractivity contribution in [2.45, 2.75) is 5.75 Å². The molecule has 0 radical (unpaired) electrons. The van der Waals surface area contributed by atoms with Crippen molar-refractivity contribution in [2.75, 3.05) is 14.2 Å². The summed E-state index contributed by atoms with van der Waals surface area (Å²) < 4.78 is 12.4. The first kappa shape index (κ1) is 13.8. The van der Waals surface area contributed by atoms with Crippen LogP contribution in [0.5, 0.6) is 11.5 Å². The van der Waals surface area contributed by atoms with E-state index in [1.54, 1.807) is 24.9 Å². The summed E-state index contributed by atoms with van der Waals surface area (Å²) in [4.78, 5) is 4.37. The number of methoxy groups -OCH3 is 2. The molecule has 1 aromatic carbocycles. The predicted molar refractivity (Wildman–Crippen MR) is 84.2 cm³/mol. The van der Waals surface area contributed by atoms with Crippen LogP contribution in [0.4, 0.5) is 0 Å². The highest BCUT2D eigenvalue weighted by Gasteiger charge is 2.18. The first-order valence-corrected chi connectivity index (χ1v) is 7.07. The van der Waals surface area contributed by atoms with Crippen LogP contribution in [0.25, 0.3) is 16.9 Å². The number of fused-ring (bicyclic) bond motifs is 1. The molecule has 3 rings (SSSR count). The van der Waals surface area contributed by atoms with E-state index >= 15 is 0 Å². The largest absolute Gasteiger partial charge is 0.497 e. The monoisotopic (exact) mass is 301 g/mol. The molecule has 0 saturated carbocycles. The summed E-state index contributed by atoms with van der Waals surface area (Å²) in [6, 6.07) is 7.51. The Balaban J connectivity index is 2.24. The molecule has 0 bridgehead atoms. The summed E-state index contributed by atoms with van der Waals surface area (Å²) in [7, 11) is 3.26. The zero-order valence-corrected chi connectivity index (χ0v) is 12.7. The molecule has 21 heavy (non-hydrogen) atoms. The van der Waals surface area contributed by atoms with Gasteiger partial charge >= 0.3 is 0 Å². The maximum absolute atomic E-state index is 5.46. The van der Waals surface area contributed by atoms with Gasteiger partial charge in [0, 0.05) is 35.3 Å². The van der Waals surface area contributed by atoms with Crippen LogP contribution >= 0.6 is 12.6 Å². The van der Waals surface area contributed by atoms with Crippen LogP contribution in [0.1, 0.15) is 5.56 Å². The lowest BCUT2D eigenvalue weighted by Gasteiger charge is -2.09. The fourth-order valence-corrected chi connectivity index (χ4v) is 2.58. The van der Waals surface area contributed by atoms with Crippen LogP contribution in [0.3, 0.4) is 0 Å². The lowest BCUT2D eigenvalue weighted by Crippen LogP contribution is -1.92. The first-order chi connectivity index (χ1) is 10.3. The normalized spacial score (nSPS) is 10.8. The summed E-state index contributed by atoms with van der Waals surface area (Å²) in [5, 5.41) is 4.60. The van der Waals surface area contributed by atoms with Crippen molar-refractivity contribution in [3.8, 4) is 22.8 Å². The van der Waals surface area contributed by atoms with Gasteiger partial charge in [-0.3, -0.25) is 0 Å². The van der Waals surface area contributed by atoms with Crippen LogP contribution in [0, 0.1) is 0 Å². The van der Waals surface area contributed by atoms with Crippen LogP contribution in [-0.2, 0) is 5.75 Å². The van der Waals surface area contributed by atoms with Gasteiger partial charge in [0.25, 0.3) is 0 Å². The average molecular weight is 301 g/mol. The van der Waals surface area contributed by atoms with Crippen LogP contribution < -0.4 is 9.47 Å². The lowest BCUT2D eigenvalue weighted by molar-refractivity contribution is 0.395. The van der Waals surface area contributed by atoms with Gasteiger partial charge in [-0.25, -0.2) is 9.50 Å². The van der Waals surface area contributed by atoms with Gasteiger partial charge in [0.15, 0.2) is 5.65 Å². The third-order valence-electron chi connectivity index (χ3n) is 3.31. The predicted octanol–water partition coefficient (Wildman–Crippen LogP) is 2.84. The molecule has 108 valence electrons. The quantitative estimate of drug-likeness (QED) is 0.753. The maximum Gasteiger partial charge on any atom is 0.159 e. The summed E-state index contributed by atoms with van der Waals surface area (Å²) in [5.41, 5.74) is 3.50. The van der Waals surface area contributed by atoms with Gasteiger partial charge in [-0.1, -0.05) is 0 Å². The van der Waals surface area contributed by atoms with Crippen molar-refractivity contribution in [2.24, 2.45) is 0 Å². The number of thiol groups is 1. The van der Waals surface area contributed by atoms with Crippen LogP contribution in [0.2, 0.25) is 0 Å². The van der Waals surface area contributed by atoms with E-state index in [0.717, 1.165) is 28.2 Å². The van der Waals surface area contributed by atoms with E-state index in [-0.39, 0.29) is 0 Å². The maximum atomic E-state index is 5.46. The van der Waals surface area contributed by atoms with Crippen molar-refractivity contribution >= 4 is 18.3 Å². The molecule has 0 fully saturated rings. The fraction of sp³-hybridized carbons (Fsp3) is 0.200. The molecule has 0 saturated heterocycles. The second-order valence-electron chi connectivity index (χ2n) is 4.44. The van der Waals surface area contributed by atoms with Gasteiger partial charge in [0.1, 0.15) is 17.2 Å². The van der Waals surface area contributed by atoms with Gasteiger partial charge in [0.05, 0.1) is 14.2 Å². The minimum Gasteiger partial charge on any atom is -0.497 e. The first-order valence-electron chi connectivity index (χ1n) is 6.44. The standard InChI is InChI=1S/C15H15N3O2S/c1-19-10-4-5-11(13(8-10)20-2)14-12(9-21)15-16-6-3-7-18(15)17-14/h3-8,21H,9H2,1-2H3. The summed E-state index contributed by atoms with van der Waals surface area (Å²) >= 11 is 4.42. The van der Waals surface area contributed by atoms with E-state index < -0.39 is 0 Å². The molecule has 2 aromatic heterocycles. The molecule has 0 aliphatic rings. The fourth-order valence-electron chi connectivity index (χ4n) is 2.29. The highest BCUT2D eigenvalue weighted by Crippen LogP contribution is 2.35. The van der Waals surface area contributed by atoms with E-state index in [1.807, 2.05) is 30.5 Å². The zero-order chi connectivity index (χ0) is 14.8. The number of ether oxygens (including phenoxy) is 2. The Hall–Kier alpha value is -2.21. The Morgan fingerprint density at radius 1 is 1.24 bits per heavy atom. The highest BCUT2D eigenvalue weighted by molar-refractivity contribution is 7.79. The topological polar surface area (TPSA) is 48.7 Å². The van der Waals surface area contributed by atoms with Gasteiger partial charge < -0.3 is 9.47 Å². The van der Waals surface area contributed by atoms with Gasteiger partial charge in [0.2, 0.25) is 0 Å². The molecule has 0 N–H and O–H groups in total. The number of benzene rings is 1. The van der Waals surface area contributed by atoms with Crippen molar-refractivity contribution in [3.63, 3.8) is 0 Å².